The van der Waals surface area contributed by atoms with E-state index in [1.165, 1.54) is 12.8 Å². The van der Waals surface area contributed by atoms with Crippen LogP contribution in [0.2, 0.25) is 0 Å². The van der Waals surface area contributed by atoms with Crippen molar-refractivity contribution in [3.05, 3.63) is 10.1 Å². The standard InChI is InChI=1S/C10H15NO3/c12-10(5-11(13)14)7-3-1-6-2-4-8(10)9(6)7/h6-9,12H,1-5H2/t6?,7-,8+,9+,10?. The summed E-state index contributed by atoms with van der Waals surface area (Å²) in [5.41, 5.74) is -0.945. The van der Waals surface area contributed by atoms with Gasteiger partial charge in [-0.3, -0.25) is 10.1 Å². The van der Waals surface area contributed by atoms with Crippen molar-refractivity contribution in [1.82, 2.24) is 0 Å². The van der Waals surface area contributed by atoms with Crippen molar-refractivity contribution in [2.45, 2.75) is 31.3 Å². The number of nitro groups is 1. The third-order valence-corrected chi connectivity index (χ3v) is 4.84. The van der Waals surface area contributed by atoms with Crippen LogP contribution in [-0.4, -0.2) is 22.2 Å². The molecule has 0 spiro atoms. The average Bonchev–Trinajstić information content (AvgIpc) is 2.54. The van der Waals surface area contributed by atoms with Gasteiger partial charge >= 0.3 is 0 Å². The Hall–Kier alpha value is -0.640. The molecular formula is C10H15NO3. The van der Waals surface area contributed by atoms with Gasteiger partial charge in [0.15, 0.2) is 0 Å². The van der Waals surface area contributed by atoms with Crippen molar-refractivity contribution >= 4 is 0 Å². The smallest absolute Gasteiger partial charge is 0.232 e. The maximum Gasteiger partial charge on any atom is 0.232 e. The summed E-state index contributed by atoms with van der Waals surface area (Å²) in [5.74, 6) is 1.88. The van der Waals surface area contributed by atoms with Gasteiger partial charge in [-0.25, -0.2) is 0 Å². The van der Waals surface area contributed by atoms with Crippen LogP contribution in [0.3, 0.4) is 0 Å². The quantitative estimate of drug-likeness (QED) is 0.531. The van der Waals surface area contributed by atoms with Gasteiger partial charge in [-0.1, -0.05) is 0 Å². The molecule has 3 aliphatic carbocycles. The van der Waals surface area contributed by atoms with Gasteiger partial charge in [0.2, 0.25) is 6.54 Å². The molecule has 0 aromatic carbocycles. The SMILES string of the molecule is O=[N+]([O-])CC1(O)[C@@H]2CCC3CC[C@H]1[C@@H]32. The van der Waals surface area contributed by atoms with Crippen LogP contribution >= 0.6 is 0 Å². The van der Waals surface area contributed by atoms with Crippen molar-refractivity contribution in [3.63, 3.8) is 0 Å². The maximum atomic E-state index is 10.5. The summed E-state index contributed by atoms with van der Waals surface area (Å²) in [4.78, 5) is 10.2. The topological polar surface area (TPSA) is 63.4 Å². The normalized spacial score (nSPS) is 54.1. The monoisotopic (exact) mass is 197 g/mol. The number of hydrogen-bond donors (Lipinski definition) is 1. The van der Waals surface area contributed by atoms with Crippen LogP contribution in [0.1, 0.15) is 25.7 Å². The maximum absolute atomic E-state index is 10.5. The molecule has 0 heterocycles. The summed E-state index contributed by atoms with van der Waals surface area (Å²) in [6.45, 7) is -0.231. The Labute approximate surface area is 82.5 Å². The van der Waals surface area contributed by atoms with Crippen molar-refractivity contribution in [1.29, 1.82) is 0 Å². The van der Waals surface area contributed by atoms with Crippen molar-refractivity contribution in [3.8, 4) is 0 Å². The predicted octanol–water partition coefficient (Wildman–Crippen LogP) is 1.06. The van der Waals surface area contributed by atoms with Gasteiger partial charge in [-0.15, -0.1) is 0 Å². The first-order valence-corrected chi connectivity index (χ1v) is 5.47. The fourth-order valence-electron chi connectivity index (χ4n) is 4.40. The molecule has 1 N–H and O–H groups in total. The highest BCUT2D eigenvalue weighted by atomic mass is 16.6. The molecule has 0 saturated heterocycles. The highest BCUT2D eigenvalue weighted by molar-refractivity contribution is 5.16. The molecule has 0 aliphatic heterocycles. The Balaban J connectivity index is 1.85. The van der Waals surface area contributed by atoms with Gasteiger partial charge in [0.1, 0.15) is 5.60 Å². The second kappa shape index (κ2) is 2.48. The third kappa shape index (κ3) is 0.829. The molecule has 2 unspecified atom stereocenters. The molecule has 0 aromatic rings. The van der Waals surface area contributed by atoms with Crippen molar-refractivity contribution in [2.24, 2.45) is 23.7 Å². The van der Waals surface area contributed by atoms with E-state index in [2.05, 4.69) is 0 Å². The molecule has 3 rings (SSSR count). The molecule has 0 aromatic heterocycles. The van der Waals surface area contributed by atoms with E-state index in [-0.39, 0.29) is 23.3 Å². The van der Waals surface area contributed by atoms with E-state index < -0.39 is 5.60 Å². The Bertz CT molecular complexity index is 275. The van der Waals surface area contributed by atoms with E-state index in [1.54, 1.807) is 0 Å². The fourth-order valence-corrected chi connectivity index (χ4v) is 4.40. The second-order valence-corrected chi connectivity index (χ2v) is 5.19. The fraction of sp³-hybridized carbons (Fsp3) is 1.00. The second-order valence-electron chi connectivity index (χ2n) is 5.19. The van der Waals surface area contributed by atoms with Gasteiger partial charge < -0.3 is 5.11 Å². The molecule has 4 heteroatoms. The van der Waals surface area contributed by atoms with E-state index in [1.807, 2.05) is 0 Å². The molecular weight excluding hydrogens is 182 g/mol. The van der Waals surface area contributed by atoms with Gasteiger partial charge in [-0.2, -0.15) is 0 Å². The van der Waals surface area contributed by atoms with Crippen LogP contribution in [0.15, 0.2) is 0 Å². The molecule has 0 amide bonds. The lowest BCUT2D eigenvalue weighted by atomic mass is 9.55. The highest BCUT2D eigenvalue weighted by Crippen LogP contribution is 2.66. The van der Waals surface area contributed by atoms with E-state index in [9.17, 15) is 15.2 Å². The molecule has 0 bridgehead atoms. The molecule has 3 saturated carbocycles. The van der Waals surface area contributed by atoms with Crippen LogP contribution < -0.4 is 0 Å². The summed E-state index contributed by atoms with van der Waals surface area (Å²) in [6.07, 6.45) is 4.39. The third-order valence-electron chi connectivity index (χ3n) is 4.84. The van der Waals surface area contributed by atoms with Crippen LogP contribution in [0.4, 0.5) is 0 Å². The van der Waals surface area contributed by atoms with Gasteiger partial charge in [-0.05, 0) is 49.4 Å². The summed E-state index contributed by atoms with van der Waals surface area (Å²) < 4.78 is 0. The zero-order chi connectivity index (χ0) is 9.92. The average molecular weight is 197 g/mol. The molecule has 14 heavy (non-hydrogen) atoms. The van der Waals surface area contributed by atoms with Gasteiger partial charge in [0.05, 0.1) is 0 Å². The number of aliphatic hydroxyl groups is 1. The van der Waals surface area contributed by atoms with E-state index in [4.69, 9.17) is 0 Å². The van der Waals surface area contributed by atoms with E-state index in [0.29, 0.717) is 5.92 Å². The van der Waals surface area contributed by atoms with Crippen molar-refractivity contribution < 1.29 is 10.0 Å². The van der Waals surface area contributed by atoms with E-state index in [0.717, 1.165) is 18.8 Å². The lowest BCUT2D eigenvalue weighted by Gasteiger charge is -2.52. The minimum absolute atomic E-state index is 0.231. The summed E-state index contributed by atoms with van der Waals surface area (Å²) in [5, 5.41) is 20.8. The summed E-state index contributed by atoms with van der Waals surface area (Å²) >= 11 is 0. The van der Waals surface area contributed by atoms with Gasteiger partial charge in [0, 0.05) is 4.92 Å². The Kier molecular flexibility index (Phi) is 1.53. The first kappa shape index (κ1) is 8.65. The number of hydrogen-bond acceptors (Lipinski definition) is 3. The molecule has 3 fully saturated rings. The number of rotatable bonds is 2. The minimum atomic E-state index is -0.945. The Morgan fingerprint density at radius 2 is 1.86 bits per heavy atom. The molecule has 4 nitrogen and oxygen atoms in total. The highest BCUT2D eigenvalue weighted by Gasteiger charge is 2.69. The van der Waals surface area contributed by atoms with Crippen molar-refractivity contribution in [2.75, 3.05) is 6.54 Å². The summed E-state index contributed by atoms with van der Waals surface area (Å²) in [7, 11) is 0. The largest absolute Gasteiger partial charge is 0.382 e. The van der Waals surface area contributed by atoms with Gasteiger partial charge in [0.25, 0.3) is 0 Å². The molecule has 5 atom stereocenters. The molecule has 0 radical (unpaired) electrons. The first-order valence-electron chi connectivity index (χ1n) is 5.47. The zero-order valence-electron chi connectivity index (χ0n) is 8.06. The van der Waals surface area contributed by atoms with Crippen LogP contribution in [0.5, 0.6) is 0 Å². The number of nitrogens with zero attached hydrogens (tertiary/aromatic N) is 1. The lowest BCUT2D eigenvalue weighted by molar-refractivity contribution is -0.515. The van der Waals surface area contributed by atoms with Crippen LogP contribution in [-0.2, 0) is 0 Å². The summed E-state index contributed by atoms with van der Waals surface area (Å²) in [6, 6.07) is 0. The molecule has 78 valence electrons. The Morgan fingerprint density at radius 3 is 2.36 bits per heavy atom. The van der Waals surface area contributed by atoms with Crippen LogP contribution in [0.25, 0.3) is 0 Å². The Morgan fingerprint density at radius 1 is 1.29 bits per heavy atom. The zero-order valence-corrected chi connectivity index (χ0v) is 8.06. The lowest BCUT2D eigenvalue weighted by Crippen LogP contribution is -2.63. The van der Waals surface area contributed by atoms with E-state index >= 15 is 0 Å². The first-order chi connectivity index (χ1) is 6.63. The predicted molar refractivity (Wildman–Crippen MR) is 49.2 cm³/mol. The minimum Gasteiger partial charge on any atom is -0.382 e. The van der Waals surface area contributed by atoms with Crippen LogP contribution in [0, 0.1) is 33.8 Å². The molecule has 3 aliphatic rings.